The third-order valence-electron chi connectivity index (χ3n) is 4.82. The largest absolute Gasteiger partial charge is 0.458 e. The van der Waals surface area contributed by atoms with E-state index >= 15 is 0 Å². The number of ketones is 2. The van der Waals surface area contributed by atoms with Gasteiger partial charge in [-0.15, -0.1) is 0 Å². The highest BCUT2D eigenvalue weighted by Gasteiger charge is 2.73. The molecule has 0 spiro atoms. The molecule has 4 rings (SSSR count). The minimum absolute atomic E-state index is 0.0736. The van der Waals surface area contributed by atoms with Gasteiger partial charge in [-0.05, 0) is 5.41 Å². The van der Waals surface area contributed by atoms with Crippen LogP contribution >= 0.6 is 0 Å². The van der Waals surface area contributed by atoms with Crippen LogP contribution in [0.2, 0.25) is 0 Å². The molecule has 0 aromatic heterocycles. The number of carbonyl (C=O) groups excluding carboxylic acids is 2. The number of rotatable bonds is 0. The number of Topliss-reactive ketones (excluding diaryl/α,β-unsaturated/α-hetero) is 2. The zero-order chi connectivity index (χ0) is 15.9. The molecule has 5 nitrogen and oxygen atoms in total. The highest BCUT2D eigenvalue weighted by atomic mass is 16.7. The molecule has 2 atom stereocenters. The van der Waals surface area contributed by atoms with Crippen LogP contribution in [0, 0.1) is 5.41 Å². The normalized spacial score (nSPS) is 35.1. The molecular weight excluding hydrogens is 284 g/mol. The zero-order valence-electron chi connectivity index (χ0n) is 12.3. The molecule has 22 heavy (non-hydrogen) atoms. The van der Waals surface area contributed by atoms with Crippen LogP contribution in [0.15, 0.2) is 35.6 Å². The van der Waals surface area contributed by atoms with Gasteiger partial charge in [0.2, 0.25) is 11.4 Å². The summed E-state index contributed by atoms with van der Waals surface area (Å²) in [6.07, 6.45) is 0.603. The molecule has 0 bridgehead atoms. The van der Waals surface area contributed by atoms with E-state index in [4.69, 9.17) is 4.74 Å². The van der Waals surface area contributed by atoms with Crippen LogP contribution in [-0.2, 0) is 15.3 Å². The first-order valence-corrected chi connectivity index (χ1v) is 7.26. The van der Waals surface area contributed by atoms with Crippen molar-refractivity contribution in [2.45, 2.75) is 38.1 Å². The van der Waals surface area contributed by atoms with Crippen LogP contribution in [-0.4, -0.2) is 27.4 Å². The van der Waals surface area contributed by atoms with Gasteiger partial charge in [-0.3, -0.25) is 9.59 Å². The minimum Gasteiger partial charge on any atom is -0.458 e. The van der Waals surface area contributed by atoms with Crippen LogP contribution < -0.4 is 0 Å². The Morgan fingerprint density at radius 3 is 2.50 bits per heavy atom. The van der Waals surface area contributed by atoms with E-state index < -0.39 is 17.2 Å². The molecule has 2 N–H and O–H groups in total. The molecule has 1 aliphatic heterocycles. The summed E-state index contributed by atoms with van der Waals surface area (Å²) in [5.41, 5.74) is -2.33. The highest BCUT2D eigenvalue weighted by Crippen LogP contribution is 2.58. The lowest BCUT2D eigenvalue weighted by Gasteiger charge is -2.30. The Morgan fingerprint density at radius 2 is 1.77 bits per heavy atom. The maximum absolute atomic E-state index is 12.7. The van der Waals surface area contributed by atoms with E-state index in [1.807, 2.05) is 13.8 Å². The number of carbonyl (C=O) groups is 2. The number of fused-ring (bicyclic) bond motifs is 4. The summed E-state index contributed by atoms with van der Waals surface area (Å²) < 4.78 is 5.63. The fraction of sp³-hybridized carbons (Fsp3) is 0.412. The number of allylic oxidation sites excluding steroid dienone is 1. The maximum atomic E-state index is 12.7. The average molecular weight is 300 g/mol. The topological polar surface area (TPSA) is 83.8 Å². The van der Waals surface area contributed by atoms with Gasteiger partial charge in [-0.25, -0.2) is 0 Å². The molecule has 0 saturated heterocycles. The lowest BCUT2D eigenvalue weighted by atomic mass is 9.72. The smallest absolute Gasteiger partial charge is 0.276 e. The van der Waals surface area contributed by atoms with E-state index in [1.54, 1.807) is 18.2 Å². The molecule has 1 heterocycles. The number of hydrogen-bond acceptors (Lipinski definition) is 5. The Bertz CT molecular complexity index is 775. The van der Waals surface area contributed by atoms with Crippen molar-refractivity contribution in [3.63, 3.8) is 0 Å². The summed E-state index contributed by atoms with van der Waals surface area (Å²) in [6, 6.07) is 6.36. The molecule has 0 unspecified atom stereocenters. The van der Waals surface area contributed by atoms with Crippen molar-refractivity contribution in [3.05, 3.63) is 46.7 Å². The van der Waals surface area contributed by atoms with Gasteiger partial charge < -0.3 is 14.9 Å². The first kappa shape index (κ1) is 13.7. The van der Waals surface area contributed by atoms with Gasteiger partial charge in [0.1, 0.15) is 5.76 Å². The second kappa shape index (κ2) is 3.67. The van der Waals surface area contributed by atoms with Crippen LogP contribution in [0.1, 0.15) is 42.6 Å². The number of ether oxygens (including phenoxy) is 1. The zero-order valence-corrected chi connectivity index (χ0v) is 12.3. The summed E-state index contributed by atoms with van der Waals surface area (Å²) in [6.45, 7) is 3.83. The molecule has 3 aliphatic rings. The standard InChI is InChI=1S/C17H16O5/c1-15(2)7-11(18)13-12(8-15)22-17(21)10-6-4-3-5-9(10)14(19)16(13,17)20/h3-6,20-21H,7-8H2,1-2H3/t16-,17-/m0/s1. The Hall–Kier alpha value is -1.98. The lowest BCUT2D eigenvalue weighted by Crippen LogP contribution is -2.52. The van der Waals surface area contributed by atoms with Crippen molar-refractivity contribution < 1.29 is 24.5 Å². The Morgan fingerprint density at radius 1 is 1.09 bits per heavy atom. The fourth-order valence-corrected chi connectivity index (χ4v) is 3.87. The number of hydrogen-bond donors (Lipinski definition) is 2. The Balaban J connectivity index is 1.96. The lowest BCUT2D eigenvalue weighted by molar-refractivity contribution is -0.236. The van der Waals surface area contributed by atoms with E-state index in [0.29, 0.717) is 6.42 Å². The highest BCUT2D eigenvalue weighted by molar-refractivity contribution is 6.17. The maximum Gasteiger partial charge on any atom is 0.276 e. The van der Waals surface area contributed by atoms with Crippen molar-refractivity contribution in [2.75, 3.05) is 0 Å². The van der Waals surface area contributed by atoms with Crippen molar-refractivity contribution in [2.24, 2.45) is 5.41 Å². The third kappa shape index (κ3) is 1.31. The summed E-state index contributed by atoms with van der Waals surface area (Å²) in [5.74, 6) is -3.00. The minimum atomic E-state index is -2.33. The van der Waals surface area contributed by atoms with Gasteiger partial charge in [0.05, 0.1) is 5.57 Å². The summed E-state index contributed by atoms with van der Waals surface area (Å²) in [4.78, 5) is 25.2. The monoisotopic (exact) mass is 300 g/mol. The fourth-order valence-electron chi connectivity index (χ4n) is 3.87. The van der Waals surface area contributed by atoms with Gasteiger partial charge in [0, 0.05) is 24.0 Å². The predicted molar refractivity (Wildman–Crippen MR) is 75.8 cm³/mol. The molecule has 0 fully saturated rings. The van der Waals surface area contributed by atoms with Crippen molar-refractivity contribution in [3.8, 4) is 0 Å². The van der Waals surface area contributed by atoms with Crippen molar-refractivity contribution in [1.29, 1.82) is 0 Å². The van der Waals surface area contributed by atoms with E-state index in [9.17, 15) is 19.8 Å². The number of aliphatic hydroxyl groups is 2. The van der Waals surface area contributed by atoms with Gasteiger partial charge in [-0.2, -0.15) is 0 Å². The van der Waals surface area contributed by atoms with Crippen molar-refractivity contribution in [1.82, 2.24) is 0 Å². The molecular formula is C17H16O5. The van der Waals surface area contributed by atoms with Crippen LogP contribution in [0.25, 0.3) is 0 Å². The summed E-state index contributed by atoms with van der Waals surface area (Å²) in [5, 5.41) is 22.0. The first-order chi connectivity index (χ1) is 10.2. The quantitative estimate of drug-likeness (QED) is 0.757. The Labute approximate surface area is 127 Å². The predicted octanol–water partition coefficient (Wildman–Crippen LogP) is 1.43. The molecule has 0 amide bonds. The van der Waals surface area contributed by atoms with Crippen molar-refractivity contribution >= 4 is 11.6 Å². The van der Waals surface area contributed by atoms with Gasteiger partial charge in [0.15, 0.2) is 5.78 Å². The van der Waals surface area contributed by atoms with E-state index in [2.05, 4.69) is 0 Å². The van der Waals surface area contributed by atoms with Gasteiger partial charge in [-0.1, -0.05) is 38.1 Å². The van der Waals surface area contributed by atoms with Crippen LogP contribution in [0.4, 0.5) is 0 Å². The summed E-state index contributed by atoms with van der Waals surface area (Å²) in [7, 11) is 0. The molecule has 1 aromatic rings. The molecule has 5 heteroatoms. The van der Waals surface area contributed by atoms with E-state index in [0.717, 1.165) is 0 Å². The number of benzene rings is 1. The summed E-state index contributed by atoms with van der Waals surface area (Å²) >= 11 is 0. The second-order valence-electron chi connectivity index (χ2n) is 7.07. The van der Waals surface area contributed by atoms with Crippen LogP contribution in [0.3, 0.4) is 0 Å². The van der Waals surface area contributed by atoms with E-state index in [-0.39, 0.29) is 40.1 Å². The SMILES string of the molecule is CC1(C)CC(=O)C2=C(C1)O[C@@]1(O)c3ccccc3C(=O)[C@@]21O. The molecule has 1 aromatic carbocycles. The average Bonchev–Trinajstić information content (AvgIpc) is 2.74. The molecule has 2 aliphatic carbocycles. The molecule has 114 valence electrons. The van der Waals surface area contributed by atoms with Gasteiger partial charge in [0.25, 0.3) is 5.79 Å². The molecule has 0 radical (unpaired) electrons. The van der Waals surface area contributed by atoms with Crippen LogP contribution in [0.5, 0.6) is 0 Å². The van der Waals surface area contributed by atoms with E-state index in [1.165, 1.54) is 6.07 Å². The third-order valence-corrected chi connectivity index (χ3v) is 4.82. The first-order valence-electron chi connectivity index (χ1n) is 7.26. The molecule has 0 saturated carbocycles. The van der Waals surface area contributed by atoms with Gasteiger partial charge >= 0.3 is 0 Å². The second-order valence-corrected chi connectivity index (χ2v) is 7.07. The Kier molecular flexibility index (Phi) is 2.28.